The number of methoxy groups -OCH3 is 1. The Bertz CT molecular complexity index is 303. The Labute approximate surface area is 90.5 Å². The number of hydrogen-bond donors (Lipinski definition) is 1. The Morgan fingerprint density at radius 2 is 2.07 bits per heavy atom. The van der Waals surface area contributed by atoms with Gasteiger partial charge >= 0.3 is 0 Å². The van der Waals surface area contributed by atoms with Crippen molar-refractivity contribution in [2.45, 2.75) is 13.0 Å². The molecule has 1 heterocycles. The molecule has 0 saturated heterocycles. The summed E-state index contributed by atoms with van der Waals surface area (Å²) in [5, 5.41) is 3.20. The van der Waals surface area contributed by atoms with Crippen LogP contribution in [0.3, 0.4) is 0 Å². The zero-order valence-corrected chi connectivity index (χ0v) is 9.69. The van der Waals surface area contributed by atoms with Crippen LogP contribution in [0.1, 0.15) is 6.92 Å². The number of rotatable bonds is 5. The van der Waals surface area contributed by atoms with Crippen molar-refractivity contribution in [1.82, 2.24) is 9.97 Å². The molecule has 0 radical (unpaired) electrons. The lowest BCUT2D eigenvalue weighted by Crippen LogP contribution is -2.21. The molecule has 1 aromatic heterocycles. The molecular formula is C10H18N4O. The lowest BCUT2D eigenvalue weighted by atomic mass is 10.4. The summed E-state index contributed by atoms with van der Waals surface area (Å²) in [5.74, 6) is 1.62. The quantitative estimate of drug-likeness (QED) is 0.785. The van der Waals surface area contributed by atoms with Gasteiger partial charge in [-0.2, -0.15) is 0 Å². The summed E-state index contributed by atoms with van der Waals surface area (Å²) >= 11 is 0. The van der Waals surface area contributed by atoms with Crippen LogP contribution in [0.2, 0.25) is 0 Å². The molecule has 0 spiro atoms. The molecule has 0 aliphatic heterocycles. The number of aromatic nitrogens is 2. The van der Waals surface area contributed by atoms with Gasteiger partial charge in [0.05, 0.1) is 6.10 Å². The minimum atomic E-state index is 0.155. The third kappa shape index (κ3) is 3.36. The standard InChI is InChI=1S/C10H18N4O/c1-8(15-4)7-13-9-10(14(2)3)12-6-5-11-9/h5-6,8H,7H2,1-4H3,(H,11,13). The summed E-state index contributed by atoms with van der Waals surface area (Å²) in [5.41, 5.74) is 0. The number of nitrogens with one attached hydrogen (secondary N) is 1. The fraction of sp³-hybridized carbons (Fsp3) is 0.600. The van der Waals surface area contributed by atoms with Gasteiger partial charge in [-0.15, -0.1) is 0 Å². The van der Waals surface area contributed by atoms with Gasteiger partial charge in [-0.1, -0.05) is 0 Å². The Morgan fingerprint density at radius 3 is 2.67 bits per heavy atom. The van der Waals surface area contributed by atoms with E-state index in [0.29, 0.717) is 0 Å². The third-order valence-electron chi connectivity index (χ3n) is 2.06. The predicted molar refractivity (Wildman–Crippen MR) is 61.3 cm³/mol. The van der Waals surface area contributed by atoms with E-state index < -0.39 is 0 Å². The van der Waals surface area contributed by atoms with Crippen molar-refractivity contribution in [3.05, 3.63) is 12.4 Å². The molecule has 0 aliphatic carbocycles. The number of ether oxygens (including phenoxy) is 1. The van der Waals surface area contributed by atoms with Gasteiger partial charge < -0.3 is 15.0 Å². The zero-order chi connectivity index (χ0) is 11.3. The molecule has 0 saturated carbocycles. The van der Waals surface area contributed by atoms with E-state index in [1.165, 1.54) is 0 Å². The van der Waals surface area contributed by atoms with Crippen LogP contribution in [-0.4, -0.2) is 43.8 Å². The van der Waals surface area contributed by atoms with Crippen LogP contribution in [0.4, 0.5) is 11.6 Å². The van der Waals surface area contributed by atoms with E-state index in [-0.39, 0.29) is 6.10 Å². The monoisotopic (exact) mass is 210 g/mol. The second-order valence-corrected chi connectivity index (χ2v) is 3.55. The van der Waals surface area contributed by atoms with Gasteiger partial charge in [0, 0.05) is 40.1 Å². The van der Waals surface area contributed by atoms with Crippen LogP contribution < -0.4 is 10.2 Å². The first-order chi connectivity index (χ1) is 7.15. The largest absolute Gasteiger partial charge is 0.380 e. The topological polar surface area (TPSA) is 50.3 Å². The van der Waals surface area contributed by atoms with Crippen LogP contribution >= 0.6 is 0 Å². The van der Waals surface area contributed by atoms with Crippen LogP contribution in [0.15, 0.2) is 12.4 Å². The zero-order valence-electron chi connectivity index (χ0n) is 9.69. The van der Waals surface area contributed by atoms with Gasteiger partial charge in [0.15, 0.2) is 11.6 Å². The van der Waals surface area contributed by atoms with Crippen molar-refractivity contribution in [2.75, 3.05) is 38.0 Å². The molecule has 5 nitrogen and oxygen atoms in total. The normalized spacial score (nSPS) is 12.3. The Morgan fingerprint density at radius 1 is 1.40 bits per heavy atom. The smallest absolute Gasteiger partial charge is 0.171 e. The van der Waals surface area contributed by atoms with Gasteiger partial charge in [0.25, 0.3) is 0 Å². The second kappa shape index (κ2) is 5.50. The summed E-state index contributed by atoms with van der Waals surface area (Å²) in [6.07, 6.45) is 3.51. The van der Waals surface area contributed by atoms with E-state index in [2.05, 4.69) is 15.3 Å². The first kappa shape index (κ1) is 11.7. The first-order valence-corrected chi connectivity index (χ1v) is 4.90. The summed E-state index contributed by atoms with van der Waals surface area (Å²) in [6, 6.07) is 0. The first-order valence-electron chi connectivity index (χ1n) is 4.90. The molecule has 1 N–H and O–H groups in total. The van der Waals surface area contributed by atoms with Crippen LogP contribution in [0.25, 0.3) is 0 Å². The number of hydrogen-bond acceptors (Lipinski definition) is 5. The maximum absolute atomic E-state index is 5.15. The average Bonchev–Trinajstić information content (AvgIpc) is 2.26. The molecule has 0 bridgehead atoms. The van der Waals surface area contributed by atoms with Crippen molar-refractivity contribution in [3.8, 4) is 0 Å². The van der Waals surface area contributed by atoms with Crippen molar-refractivity contribution < 1.29 is 4.74 Å². The summed E-state index contributed by atoms with van der Waals surface area (Å²) in [7, 11) is 5.57. The molecule has 0 amide bonds. The van der Waals surface area contributed by atoms with Crippen LogP contribution in [0, 0.1) is 0 Å². The highest BCUT2D eigenvalue weighted by atomic mass is 16.5. The summed E-state index contributed by atoms with van der Waals surface area (Å²) < 4.78 is 5.15. The van der Waals surface area contributed by atoms with E-state index in [4.69, 9.17) is 4.74 Å². The van der Waals surface area contributed by atoms with E-state index >= 15 is 0 Å². The SMILES string of the molecule is COC(C)CNc1nccnc1N(C)C. The molecule has 1 unspecified atom stereocenters. The minimum absolute atomic E-state index is 0.155. The van der Waals surface area contributed by atoms with Crippen molar-refractivity contribution >= 4 is 11.6 Å². The Balaban J connectivity index is 2.67. The highest BCUT2D eigenvalue weighted by Crippen LogP contribution is 2.16. The lowest BCUT2D eigenvalue weighted by Gasteiger charge is -2.17. The Kier molecular flexibility index (Phi) is 4.30. The number of anilines is 2. The van der Waals surface area contributed by atoms with Gasteiger partial charge in [-0.3, -0.25) is 0 Å². The maximum atomic E-state index is 5.15. The molecular weight excluding hydrogens is 192 g/mol. The molecule has 5 heteroatoms. The lowest BCUT2D eigenvalue weighted by molar-refractivity contribution is 0.128. The van der Waals surface area contributed by atoms with Crippen LogP contribution in [0.5, 0.6) is 0 Å². The molecule has 1 atom stereocenters. The second-order valence-electron chi connectivity index (χ2n) is 3.55. The molecule has 1 aromatic rings. The van der Waals surface area contributed by atoms with Crippen molar-refractivity contribution in [3.63, 3.8) is 0 Å². The number of nitrogens with zero attached hydrogens (tertiary/aromatic N) is 3. The van der Waals surface area contributed by atoms with Gasteiger partial charge in [-0.05, 0) is 6.92 Å². The minimum Gasteiger partial charge on any atom is -0.380 e. The Hall–Kier alpha value is -1.36. The van der Waals surface area contributed by atoms with Crippen LogP contribution in [-0.2, 0) is 4.74 Å². The highest BCUT2D eigenvalue weighted by Gasteiger charge is 2.07. The molecule has 0 aromatic carbocycles. The fourth-order valence-electron chi connectivity index (χ4n) is 1.11. The molecule has 0 fully saturated rings. The summed E-state index contributed by atoms with van der Waals surface area (Å²) in [6.45, 7) is 2.72. The highest BCUT2D eigenvalue weighted by molar-refractivity contribution is 5.59. The third-order valence-corrected chi connectivity index (χ3v) is 2.06. The molecule has 1 rings (SSSR count). The van der Waals surface area contributed by atoms with E-state index in [9.17, 15) is 0 Å². The maximum Gasteiger partial charge on any atom is 0.171 e. The van der Waals surface area contributed by atoms with E-state index in [0.717, 1.165) is 18.2 Å². The molecule has 15 heavy (non-hydrogen) atoms. The van der Waals surface area contributed by atoms with Gasteiger partial charge in [0.1, 0.15) is 0 Å². The van der Waals surface area contributed by atoms with Gasteiger partial charge in [0.2, 0.25) is 0 Å². The molecule has 0 aliphatic rings. The predicted octanol–water partition coefficient (Wildman–Crippen LogP) is 0.989. The van der Waals surface area contributed by atoms with E-state index in [1.807, 2.05) is 25.9 Å². The van der Waals surface area contributed by atoms with Crippen molar-refractivity contribution in [1.29, 1.82) is 0 Å². The summed E-state index contributed by atoms with van der Waals surface area (Å²) in [4.78, 5) is 10.4. The molecule has 84 valence electrons. The van der Waals surface area contributed by atoms with Crippen molar-refractivity contribution in [2.24, 2.45) is 0 Å². The average molecular weight is 210 g/mol. The van der Waals surface area contributed by atoms with E-state index in [1.54, 1.807) is 19.5 Å². The van der Waals surface area contributed by atoms with Gasteiger partial charge in [-0.25, -0.2) is 9.97 Å². The fourth-order valence-corrected chi connectivity index (χ4v) is 1.11.